The third-order valence-corrected chi connectivity index (χ3v) is 3.73. The number of benzene rings is 1. The number of rotatable bonds is 4. The minimum Gasteiger partial charge on any atom is -0.448 e. The molecule has 2 aromatic rings. The van der Waals surface area contributed by atoms with E-state index in [2.05, 4.69) is 5.32 Å². The van der Waals surface area contributed by atoms with E-state index >= 15 is 0 Å². The molecule has 1 aromatic carbocycles. The Labute approximate surface area is 116 Å². The van der Waals surface area contributed by atoms with Crippen LogP contribution in [0.3, 0.4) is 0 Å². The molecule has 0 bridgehead atoms. The van der Waals surface area contributed by atoms with Gasteiger partial charge in [-0.1, -0.05) is 6.07 Å². The van der Waals surface area contributed by atoms with Crippen molar-refractivity contribution in [1.29, 1.82) is 0 Å². The summed E-state index contributed by atoms with van der Waals surface area (Å²) in [5.74, 6) is 0.658. The average molecular weight is 301 g/mol. The zero-order valence-electron chi connectivity index (χ0n) is 10.2. The third kappa shape index (κ3) is 3.50. The maximum Gasteiger partial charge on any atom is 0.238 e. The second kappa shape index (κ2) is 5.24. The molecule has 0 saturated heterocycles. The van der Waals surface area contributed by atoms with Crippen molar-refractivity contribution in [2.24, 2.45) is 5.14 Å². The minimum atomic E-state index is -3.71. The summed E-state index contributed by atoms with van der Waals surface area (Å²) in [6, 6.07) is 8.05. The van der Waals surface area contributed by atoms with Crippen molar-refractivity contribution in [2.45, 2.75) is 18.4 Å². The molecule has 3 N–H and O–H groups in total. The van der Waals surface area contributed by atoms with Gasteiger partial charge in [0.25, 0.3) is 0 Å². The molecular formula is C12H13ClN2O3S. The van der Waals surface area contributed by atoms with E-state index in [1.807, 2.05) is 6.92 Å². The third-order valence-electron chi connectivity index (χ3n) is 2.62. The highest BCUT2D eigenvalue weighted by Crippen LogP contribution is 2.21. The van der Waals surface area contributed by atoms with Gasteiger partial charge in [0.05, 0.1) is 11.4 Å². The van der Waals surface area contributed by atoms with Crippen LogP contribution < -0.4 is 10.5 Å². The van der Waals surface area contributed by atoms with Crippen molar-refractivity contribution in [1.82, 2.24) is 0 Å². The van der Waals surface area contributed by atoms with Gasteiger partial charge in [0, 0.05) is 5.69 Å². The van der Waals surface area contributed by atoms with E-state index in [0.717, 1.165) is 5.56 Å². The molecular weight excluding hydrogens is 288 g/mol. The van der Waals surface area contributed by atoms with E-state index < -0.39 is 10.0 Å². The van der Waals surface area contributed by atoms with Gasteiger partial charge in [-0.15, -0.1) is 0 Å². The standard InChI is InChI=1S/C12H13ClN2O3S/c1-8-2-4-10(19(14,16)17)6-11(8)15-7-9-3-5-12(13)18-9/h2-6,15H,7H2,1H3,(H2,14,16,17). The summed E-state index contributed by atoms with van der Waals surface area (Å²) < 4.78 is 27.8. The van der Waals surface area contributed by atoms with Gasteiger partial charge in [0.1, 0.15) is 5.76 Å². The lowest BCUT2D eigenvalue weighted by molar-refractivity contribution is 0.520. The van der Waals surface area contributed by atoms with Gasteiger partial charge in [0.2, 0.25) is 10.0 Å². The van der Waals surface area contributed by atoms with Crippen molar-refractivity contribution < 1.29 is 12.8 Å². The first-order valence-corrected chi connectivity index (χ1v) is 7.40. The molecule has 1 heterocycles. The van der Waals surface area contributed by atoms with Crippen molar-refractivity contribution in [2.75, 3.05) is 5.32 Å². The number of sulfonamides is 1. The Kier molecular flexibility index (Phi) is 3.84. The van der Waals surface area contributed by atoms with E-state index in [-0.39, 0.29) is 4.90 Å². The Morgan fingerprint density at radius 1 is 1.32 bits per heavy atom. The van der Waals surface area contributed by atoms with Gasteiger partial charge in [0.15, 0.2) is 5.22 Å². The molecule has 1 aromatic heterocycles. The first-order valence-electron chi connectivity index (χ1n) is 5.48. The fraction of sp³-hybridized carbons (Fsp3) is 0.167. The highest BCUT2D eigenvalue weighted by atomic mass is 35.5. The molecule has 0 fully saturated rings. The van der Waals surface area contributed by atoms with Gasteiger partial charge < -0.3 is 9.73 Å². The lowest BCUT2D eigenvalue weighted by atomic mass is 10.2. The maximum atomic E-state index is 11.3. The first kappa shape index (κ1) is 13.9. The van der Waals surface area contributed by atoms with E-state index in [1.165, 1.54) is 12.1 Å². The molecule has 2 rings (SSSR count). The summed E-state index contributed by atoms with van der Waals surface area (Å²) >= 11 is 5.67. The number of nitrogens with one attached hydrogen (secondary N) is 1. The van der Waals surface area contributed by atoms with Crippen molar-refractivity contribution in [3.05, 3.63) is 46.9 Å². The smallest absolute Gasteiger partial charge is 0.238 e. The Bertz CT molecular complexity index is 695. The summed E-state index contributed by atoms with van der Waals surface area (Å²) in [6.07, 6.45) is 0. The van der Waals surface area contributed by atoms with Crippen LogP contribution in [0.25, 0.3) is 0 Å². The van der Waals surface area contributed by atoms with Crippen LogP contribution in [0.2, 0.25) is 5.22 Å². The van der Waals surface area contributed by atoms with Crippen LogP contribution in [0, 0.1) is 6.92 Å². The summed E-state index contributed by atoms with van der Waals surface area (Å²) in [7, 11) is -3.71. The number of primary sulfonamides is 1. The zero-order valence-corrected chi connectivity index (χ0v) is 11.8. The van der Waals surface area contributed by atoms with E-state index in [4.69, 9.17) is 21.2 Å². The average Bonchev–Trinajstić information content (AvgIpc) is 2.72. The minimum absolute atomic E-state index is 0.0677. The molecule has 0 aliphatic rings. The molecule has 0 aliphatic heterocycles. The van der Waals surface area contributed by atoms with Crippen LogP contribution in [0.5, 0.6) is 0 Å². The fourth-order valence-corrected chi connectivity index (χ4v) is 2.30. The molecule has 5 nitrogen and oxygen atoms in total. The quantitative estimate of drug-likeness (QED) is 0.908. The SMILES string of the molecule is Cc1ccc(S(N)(=O)=O)cc1NCc1ccc(Cl)o1. The highest BCUT2D eigenvalue weighted by Gasteiger charge is 2.10. The highest BCUT2D eigenvalue weighted by molar-refractivity contribution is 7.89. The topological polar surface area (TPSA) is 85.3 Å². The van der Waals surface area contributed by atoms with E-state index in [9.17, 15) is 8.42 Å². The number of furan rings is 1. The molecule has 0 radical (unpaired) electrons. The molecule has 0 amide bonds. The number of hydrogen-bond acceptors (Lipinski definition) is 4. The number of nitrogens with two attached hydrogens (primary N) is 1. The van der Waals surface area contributed by atoms with Crippen LogP contribution in [0.4, 0.5) is 5.69 Å². The van der Waals surface area contributed by atoms with Gasteiger partial charge in [-0.05, 0) is 48.4 Å². The largest absolute Gasteiger partial charge is 0.448 e. The van der Waals surface area contributed by atoms with Crippen LogP contribution in [0.15, 0.2) is 39.6 Å². The number of halogens is 1. The molecule has 102 valence electrons. The normalized spacial score (nSPS) is 11.5. The van der Waals surface area contributed by atoms with E-state index in [1.54, 1.807) is 18.2 Å². The number of hydrogen-bond donors (Lipinski definition) is 2. The van der Waals surface area contributed by atoms with Gasteiger partial charge in [-0.3, -0.25) is 0 Å². The second-order valence-electron chi connectivity index (χ2n) is 4.08. The molecule has 0 aliphatic carbocycles. The van der Waals surface area contributed by atoms with Crippen LogP contribution in [-0.4, -0.2) is 8.42 Å². The number of aryl methyl sites for hydroxylation is 1. The lowest BCUT2D eigenvalue weighted by Crippen LogP contribution is -2.12. The Morgan fingerprint density at radius 3 is 2.63 bits per heavy atom. The zero-order chi connectivity index (χ0) is 14.0. The molecule has 0 spiro atoms. The number of anilines is 1. The first-order chi connectivity index (χ1) is 8.86. The van der Waals surface area contributed by atoms with Crippen molar-refractivity contribution in [3.63, 3.8) is 0 Å². The molecule has 7 heteroatoms. The van der Waals surface area contributed by atoms with Gasteiger partial charge in [-0.2, -0.15) is 0 Å². The fourth-order valence-electron chi connectivity index (χ4n) is 1.60. The molecule has 0 unspecified atom stereocenters. The van der Waals surface area contributed by atoms with E-state index in [0.29, 0.717) is 23.2 Å². The lowest BCUT2D eigenvalue weighted by Gasteiger charge is -2.09. The maximum absolute atomic E-state index is 11.3. The molecule has 0 atom stereocenters. The van der Waals surface area contributed by atoms with Gasteiger partial charge in [-0.25, -0.2) is 13.6 Å². The Morgan fingerprint density at radius 2 is 2.05 bits per heavy atom. The molecule has 0 saturated carbocycles. The monoisotopic (exact) mass is 300 g/mol. The Balaban J connectivity index is 2.20. The van der Waals surface area contributed by atoms with Crippen molar-refractivity contribution in [3.8, 4) is 0 Å². The summed E-state index contributed by atoms with van der Waals surface area (Å²) in [4.78, 5) is 0.0677. The van der Waals surface area contributed by atoms with Crippen LogP contribution in [-0.2, 0) is 16.6 Å². The predicted molar refractivity (Wildman–Crippen MR) is 73.6 cm³/mol. The summed E-state index contributed by atoms with van der Waals surface area (Å²) in [6.45, 7) is 2.27. The summed E-state index contributed by atoms with van der Waals surface area (Å²) in [5, 5.41) is 8.49. The Hall–Kier alpha value is -1.50. The molecule has 19 heavy (non-hydrogen) atoms. The summed E-state index contributed by atoms with van der Waals surface area (Å²) in [5.41, 5.74) is 1.59. The predicted octanol–water partition coefficient (Wildman–Crippen LogP) is 2.50. The second-order valence-corrected chi connectivity index (χ2v) is 6.02. The van der Waals surface area contributed by atoms with Crippen LogP contribution >= 0.6 is 11.6 Å². The van der Waals surface area contributed by atoms with Crippen molar-refractivity contribution >= 4 is 27.3 Å². The van der Waals surface area contributed by atoms with Crippen LogP contribution in [0.1, 0.15) is 11.3 Å². The van der Waals surface area contributed by atoms with Gasteiger partial charge >= 0.3 is 0 Å².